The lowest BCUT2D eigenvalue weighted by Crippen LogP contribution is -2.49. The van der Waals surface area contributed by atoms with Gasteiger partial charge in [0.15, 0.2) is 0 Å². The topological polar surface area (TPSA) is 83.4 Å². The zero-order valence-electron chi connectivity index (χ0n) is 19.3. The first-order chi connectivity index (χ1) is 15.4. The maximum Gasteiger partial charge on any atom is 0.268 e. The fraction of sp³-hybridized carbons (Fsp3) is 0.440. The van der Waals surface area contributed by atoms with Crippen LogP contribution in [0.1, 0.15) is 57.9 Å². The normalized spacial score (nSPS) is 20.4. The molecule has 1 heterocycles. The molecule has 1 aliphatic heterocycles. The Balaban J connectivity index is 1.74. The van der Waals surface area contributed by atoms with Crippen LogP contribution in [0.3, 0.4) is 0 Å². The molecular weight excluding hydrogens is 404 g/mol. The second-order valence-corrected chi connectivity index (χ2v) is 8.14. The molecule has 0 aromatic heterocycles. The zero-order chi connectivity index (χ0) is 23.1. The Kier molecular flexibility index (Phi) is 7.98. The van der Waals surface area contributed by atoms with Gasteiger partial charge in [-0.2, -0.15) is 5.10 Å². The van der Waals surface area contributed by atoms with Crippen molar-refractivity contribution >= 4 is 23.2 Å². The molecule has 1 fully saturated rings. The smallest absolute Gasteiger partial charge is 0.268 e. The molecule has 2 aliphatic rings. The van der Waals surface area contributed by atoms with Crippen LogP contribution in [0, 0.1) is 0 Å². The number of nitrogens with zero attached hydrogens (tertiary/aromatic N) is 3. The third-order valence-electron chi connectivity index (χ3n) is 5.79. The molecule has 1 N–H and O–H groups in total. The number of allylic oxidation sites excluding steroid dienone is 2. The van der Waals surface area contributed by atoms with Crippen molar-refractivity contribution in [2.24, 2.45) is 10.2 Å². The maximum atomic E-state index is 13.0. The summed E-state index contributed by atoms with van der Waals surface area (Å²) in [4.78, 5) is 27.4. The quantitative estimate of drug-likeness (QED) is 0.519. The minimum absolute atomic E-state index is 0.0845. The summed E-state index contributed by atoms with van der Waals surface area (Å²) >= 11 is 0. The van der Waals surface area contributed by atoms with Crippen molar-refractivity contribution in [3.63, 3.8) is 0 Å². The highest BCUT2D eigenvalue weighted by Gasteiger charge is 2.33. The van der Waals surface area contributed by atoms with E-state index in [9.17, 15) is 9.59 Å². The van der Waals surface area contributed by atoms with E-state index in [4.69, 9.17) is 4.74 Å². The number of fused-ring (bicyclic) bond motifs is 1. The van der Waals surface area contributed by atoms with Gasteiger partial charge in [-0.3, -0.25) is 9.59 Å². The van der Waals surface area contributed by atoms with Crippen LogP contribution in [0.25, 0.3) is 0 Å². The number of carbonyl (C=O) groups is 2. The van der Waals surface area contributed by atoms with Gasteiger partial charge in [-0.1, -0.05) is 56.7 Å². The highest BCUT2D eigenvalue weighted by molar-refractivity contribution is 6.39. The van der Waals surface area contributed by atoms with Gasteiger partial charge in [0.2, 0.25) is 0 Å². The van der Waals surface area contributed by atoms with Crippen molar-refractivity contribution in [3.8, 4) is 0 Å². The summed E-state index contributed by atoms with van der Waals surface area (Å²) in [6.45, 7) is 6.03. The maximum absolute atomic E-state index is 13.0. The van der Waals surface area contributed by atoms with E-state index >= 15 is 0 Å². The number of hydrogen-bond donors (Lipinski definition) is 1. The fourth-order valence-corrected chi connectivity index (χ4v) is 3.67. The van der Waals surface area contributed by atoms with E-state index in [1.807, 2.05) is 56.3 Å². The van der Waals surface area contributed by atoms with Gasteiger partial charge >= 0.3 is 0 Å². The van der Waals surface area contributed by atoms with Gasteiger partial charge in [0, 0.05) is 18.7 Å². The first-order valence-corrected chi connectivity index (χ1v) is 11.2. The van der Waals surface area contributed by atoms with Crippen LogP contribution in [0.2, 0.25) is 0 Å². The summed E-state index contributed by atoms with van der Waals surface area (Å²) in [7, 11) is 1.71. The van der Waals surface area contributed by atoms with Crippen molar-refractivity contribution in [3.05, 3.63) is 59.5 Å². The number of hydrogen-bond acceptors (Lipinski definition) is 5. The molecule has 0 radical (unpaired) electrons. The molecule has 0 bridgehead atoms. The molecule has 1 unspecified atom stereocenters. The van der Waals surface area contributed by atoms with Crippen molar-refractivity contribution < 1.29 is 14.3 Å². The molecule has 1 aromatic carbocycles. The Hall–Kier alpha value is -3.22. The summed E-state index contributed by atoms with van der Waals surface area (Å²) in [5.41, 5.74) is 3.02. The van der Waals surface area contributed by atoms with Crippen LogP contribution in [0.5, 0.6) is 0 Å². The molecule has 1 aliphatic carbocycles. The van der Waals surface area contributed by atoms with Crippen LogP contribution in [0.15, 0.2) is 64.1 Å². The number of amides is 2. The van der Waals surface area contributed by atoms with Crippen LogP contribution in [-0.2, 0) is 14.3 Å². The van der Waals surface area contributed by atoms with Crippen LogP contribution in [-0.4, -0.2) is 47.8 Å². The highest BCUT2D eigenvalue weighted by Crippen LogP contribution is 2.26. The lowest BCUT2D eigenvalue weighted by Gasteiger charge is -2.22. The largest absolute Gasteiger partial charge is 0.489 e. The van der Waals surface area contributed by atoms with Crippen molar-refractivity contribution in [2.45, 2.75) is 58.4 Å². The SMILES string of the molecule is CCC/C(=N\N=C(/C)C(C)c1ccccc1)C(=O)N[C@H]1COC2=CCCC=C2N(C)C1=O. The van der Waals surface area contributed by atoms with E-state index in [2.05, 4.69) is 22.4 Å². The van der Waals surface area contributed by atoms with Crippen molar-refractivity contribution in [1.82, 2.24) is 10.2 Å². The third kappa shape index (κ3) is 5.52. The molecule has 3 rings (SSSR count). The molecule has 1 saturated heterocycles. The Morgan fingerprint density at radius 3 is 2.66 bits per heavy atom. The summed E-state index contributed by atoms with van der Waals surface area (Å²) in [6.07, 6.45) is 6.93. The van der Waals surface area contributed by atoms with Gasteiger partial charge in [0.25, 0.3) is 11.8 Å². The van der Waals surface area contributed by atoms with Gasteiger partial charge in [0.1, 0.15) is 24.1 Å². The minimum atomic E-state index is -0.782. The number of carbonyl (C=O) groups excluding carboxylic acids is 2. The van der Waals surface area contributed by atoms with E-state index in [0.29, 0.717) is 17.9 Å². The third-order valence-corrected chi connectivity index (χ3v) is 5.79. The van der Waals surface area contributed by atoms with Crippen molar-refractivity contribution in [2.75, 3.05) is 13.7 Å². The second-order valence-electron chi connectivity index (χ2n) is 8.14. The lowest BCUT2D eigenvalue weighted by molar-refractivity contribution is -0.132. The summed E-state index contributed by atoms with van der Waals surface area (Å²) in [6, 6.07) is 9.26. The van der Waals surface area contributed by atoms with Gasteiger partial charge in [-0.25, -0.2) is 0 Å². The van der Waals surface area contributed by atoms with Crippen LogP contribution < -0.4 is 5.32 Å². The van der Waals surface area contributed by atoms with E-state index in [1.54, 1.807) is 11.9 Å². The highest BCUT2D eigenvalue weighted by atomic mass is 16.5. The Morgan fingerprint density at radius 1 is 1.22 bits per heavy atom. The predicted molar refractivity (Wildman–Crippen MR) is 126 cm³/mol. The van der Waals surface area contributed by atoms with E-state index in [-0.39, 0.29) is 24.3 Å². The standard InChI is InChI=1S/C25H32N4O3/c1-5-11-20(28-27-18(3)17(2)19-12-7-6-8-13-19)24(30)26-21-16-32-23-15-10-9-14-22(23)29(4)25(21)31/h6-8,12-15,17,21H,5,9-11,16H2,1-4H3,(H,26,30)/b27-18+,28-20+/t17?,21-/m0/s1. The molecule has 2 amide bonds. The first-order valence-electron chi connectivity index (χ1n) is 11.2. The molecule has 7 nitrogen and oxygen atoms in total. The zero-order valence-corrected chi connectivity index (χ0v) is 19.3. The number of ether oxygens (including phenoxy) is 1. The molecular formula is C25H32N4O3. The fourth-order valence-electron chi connectivity index (χ4n) is 3.67. The van der Waals surface area contributed by atoms with Gasteiger partial charge in [0.05, 0.1) is 5.70 Å². The molecule has 32 heavy (non-hydrogen) atoms. The number of nitrogens with one attached hydrogen (secondary N) is 1. The second kappa shape index (κ2) is 10.9. The minimum Gasteiger partial charge on any atom is -0.489 e. The van der Waals surface area contributed by atoms with E-state index < -0.39 is 6.04 Å². The number of likely N-dealkylation sites (N-methyl/N-ethyl adjacent to an activating group) is 1. The predicted octanol–water partition coefficient (Wildman–Crippen LogP) is 3.94. The molecule has 0 spiro atoms. The average Bonchev–Trinajstić information content (AvgIpc) is 2.93. The van der Waals surface area contributed by atoms with Crippen molar-refractivity contribution in [1.29, 1.82) is 0 Å². The van der Waals surface area contributed by atoms with E-state index in [1.165, 1.54) is 0 Å². The summed E-state index contributed by atoms with van der Waals surface area (Å²) in [5, 5.41) is 11.4. The number of rotatable bonds is 7. The molecule has 7 heteroatoms. The van der Waals surface area contributed by atoms with Gasteiger partial charge in [-0.05, 0) is 37.8 Å². The number of benzene rings is 1. The lowest BCUT2D eigenvalue weighted by atomic mass is 9.97. The Labute approximate surface area is 189 Å². The van der Waals surface area contributed by atoms with Crippen LogP contribution >= 0.6 is 0 Å². The molecule has 0 saturated carbocycles. The van der Waals surface area contributed by atoms with E-state index in [0.717, 1.165) is 36.2 Å². The van der Waals surface area contributed by atoms with Gasteiger partial charge in [-0.15, -0.1) is 5.10 Å². The monoisotopic (exact) mass is 436 g/mol. The van der Waals surface area contributed by atoms with Gasteiger partial charge < -0.3 is 15.0 Å². The first kappa shape index (κ1) is 23.4. The molecule has 2 atom stereocenters. The average molecular weight is 437 g/mol. The summed E-state index contributed by atoms with van der Waals surface area (Å²) < 4.78 is 5.83. The van der Waals surface area contributed by atoms with Crippen LogP contribution in [0.4, 0.5) is 0 Å². The Bertz CT molecular complexity index is 963. The summed E-state index contributed by atoms with van der Waals surface area (Å²) in [5.74, 6) is 0.185. The molecule has 1 aromatic rings. The Morgan fingerprint density at radius 2 is 1.94 bits per heavy atom. The molecule has 170 valence electrons.